The van der Waals surface area contributed by atoms with Gasteiger partial charge in [0.2, 0.25) is 11.8 Å². The number of benzene rings is 1. The van der Waals surface area contributed by atoms with Crippen LogP contribution in [0.15, 0.2) is 24.3 Å². The Morgan fingerprint density at radius 1 is 1.04 bits per heavy atom. The normalized spacial score (nSPS) is 20.3. The number of carbonyl (C=O) groups excluding carboxylic acids is 2. The van der Waals surface area contributed by atoms with Gasteiger partial charge in [0, 0.05) is 39.3 Å². The highest BCUT2D eigenvalue weighted by molar-refractivity contribution is 6.33. The van der Waals surface area contributed by atoms with Gasteiger partial charge < -0.3 is 10.2 Å². The van der Waals surface area contributed by atoms with Crippen LogP contribution in [0.5, 0.6) is 0 Å². The van der Waals surface area contributed by atoms with Crippen LogP contribution in [0, 0.1) is 0 Å². The number of halogens is 1. The molecule has 6 nitrogen and oxygen atoms in total. The summed E-state index contributed by atoms with van der Waals surface area (Å²) in [5, 5.41) is 3.41. The van der Waals surface area contributed by atoms with Gasteiger partial charge in [-0.05, 0) is 38.3 Å². The summed E-state index contributed by atoms with van der Waals surface area (Å²) in [6, 6.07) is 7.16. The molecular weight excluding hydrogens is 364 g/mol. The van der Waals surface area contributed by atoms with E-state index in [0.717, 1.165) is 52.1 Å². The highest BCUT2D eigenvalue weighted by atomic mass is 35.5. The van der Waals surface area contributed by atoms with Crippen LogP contribution in [0.25, 0.3) is 0 Å². The molecule has 148 valence electrons. The Morgan fingerprint density at radius 2 is 1.70 bits per heavy atom. The van der Waals surface area contributed by atoms with E-state index >= 15 is 0 Å². The lowest BCUT2D eigenvalue weighted by atomic mass is 10.1. The average Bonchev–Trinajstić information content (AvgIpc) is 2.70. The molecule has 0 aliphatic carbocycles. The lowest BCUT2D eigenvalue weighted by Crippen LogP contribution is -2.55. The lowest BCUT2D eigenvalue weighted by molar-refractivity contribution is -0.138. The Labute approximate surface area is 166 Å². The second-order valence-electron chi connectivity index (χ2n) is 7.40. The zero-order chi connectivity index (χ0) is 19.2. The SMILES string of the molecule is CC(C(=O)N1CCCCC1)N1CCN(CC(=O)Nc2ccccc2Cl)CC1. The molecule has 0 spiro atoms. The van der Waals surface area contributed by atoms with Gasteiger partial charge in [0.25, 0.3) is 0 Å². The van der Waals surface area contributed by atoms with Gasteiger partial charge in [0.05, 0.1) is 23.3 Å². The maximum atomic E-state index is 12.7. The van der Waals surface area contributed by atoms with Gasteiger partial charge in [-0.15, -0.1) is 0 Å². The van der Waals surface area contributed by atoms with E-state index in [0.29, 0.717) is 17.3 Å². The van der Waals surface area contributed by atoms with Gasteiger partial charge >= 0.3 is 0 Å². The molecule has 2 amide bonds. The molecule has 1 atom stereocenters. The van der Waals surface area contributed by atoms with Crippen LogP contribution in [0.1, 0.15) is 26.2 Å². The van der Waals surface area contributed by atoms with Crippen molar-refractivity contribution in [3.05, 3.63) is 29.3 Å². The predicted molar refractivity (Wildman–Crippen MR) is 108 cm³/mol. The van der Waals surface area contributed by atoms with E-state index in [4.69, 9.17) is 11.6 Å². The van der Waals surface area contributed by atoms with Gasteiger partial charge in [-0.2, -0.15) is 0 Å². The van der Waals surface area contributed by atoms with Gasteiger partial charge in [-0.25, -0.2) is 0 Å². The van der Waals surface area contributed by atoms with E-state index in [1.54, 1.807) is 12.1 Å². The van der Waals surface area contributed by atoms with Crippen molar-refractivity contribution in [2.45, 2.75) is 32.2 Å². The van der Waals surface area contributed by atoms with E-state index in [1.807, 2.05) is 24.0 Å². The van der Waals surface area contributed by atoms with E-state index in [2.05, 4.69) is 15.1 Å². The zero-order valence-electron chi connectivity index (χ0n) is 16.0. The lowest BCUT2D eigenvalue weighted by Gasteiger charge is -2.39. The highest BCUT2D eigenvalue weighted by Gasteiger charge is 2.29. The third-order valence-electron chi connectivity index (χ3n) is 5.49. The summed E-state index contributed by atoms with van der Waals surface area (Å²) in [6.07, 6.45) is 3.46. The number of hydrogen-bond donors (Lipinski definition) is 1. The molecule has 0 radical (unpaired) electrons. The van der Waals surface area contributed by atoms with Crippen molar-refractivity contribution in [3.63, 3.8) is 0 Å². The van der Waals surface area contributed by atoms with Crippen LogP contribution in [0.2, 0.25) is 5.02 Å². The quantitative estimate of drug-likeness (QED) is 0.835. The van der Waals surface area contributed by atoms with Gasteiger partial charge in [0.1, 0.15) is 0 Å². The first-order valence-corrected chi connectivity index (χ1v) is 10.2. The van der Waals surface area contributed by atoms with Crippen molar-refractivity contribution in [1.82, 2.24) is 14.7 Å². The highest BCUT2D eigenvalue weighted by Crippen LogP contribution is 2.20. The first kappa shape index (κ1) is 20.1. The third kappa shape index (κ3) is 5.43. The molecule has 1 aromatic rings. The molecule has 0 saturated carbocycles. The second kappa shape index (κ2) is 9.53. The Kier molecular flexibility index (Phi) is 7.10. The number of para-hydroxylation sites is 1. The molecule has 27 heavy (non-hydrogen) atoms. The molecule has 2 aliphatic rings. The molecule has 1 aromatic carbocycles. The fourth-order valence-electron chi connectivity index (χ4n) is 3.80. The Bertz CT molecular complexity index is 655. The van der Waals surface area contributed by atoms with E-state index in [1.165, 1.54) is 6.42 Å². The average molecular weight is 393 g/mol. The van der Waals surface area contributed by atoms with E-state index in [-0.39, 0.29) is 17.9 Å². The molecule has 2 heterocycles. The number of nitrogens with one attached hydrogen (secondary N) is 1. The molecule has 7 heteroatoms. The maximum Gasteiger partial charge on any atom is 0.239 e. The Balaban J connectivity index is 1.43. The largest absolute Gasteiger partial charge is 0.341 e. The van der Waals surface area contributed by atoms with Crippen LogP contribution < -0.4 is 5.32 Å². The van der Waals surface area contributed by atoms with Crippen LogP contribution >= 0.6 is 11.6 Å². The fourth-order valence-corrected chi connectivity index (χ4v) is 3.98. The number of hydrogen-bond acceptors (Lipinski definition) is 4. The summed E-state index contributed by atoms with van der Waals surface area (Å²) in [4.78, 5) is 31.3. The Morgan fingerprint density at radius 3 is 2.37 bits per heavy atom. The number of rotatable bonds is 5. The number of likely N-dealkylation sites (tertiary alicyclic amines) is 1. The number of carbonyl (C=O) groups is 2. The fraction of sp³-hybridized carbons (Fsp3) is 0.600. The van der Waals surface area contributed by atoms with Crippen molar-refractivity contribution in [1.29, 1.82) is 0 Å². The summed E-state index contributed by atoms with van der Waals surface area (Å²) in [6.45, 7) is 7.32. The smallest absolute Gasteiger partial charge is 0.239 e. The van der Waals surface area contributed by atoms with Crippen molar-refractivity contribution < 1.29 is 9.59 Å². The van der Waals surface area contributed by atoms with Gasteiger partial charge in [-0.1, -0.05) is 23.7 Å². The van der Waals surface area contributed by atoms with Crippen LogP contribution in [-0.2, 0) is 9.59 Å². The molecule has 2 fully saturated rings. The predicted octanol–water partition coefficient (Wildman–Crippen LogP) is 2.30. The van der Waals surface area contributed by atoms with Gasteiger partial charge in [-0.3, -0.25) is 19.4 Å². The molecule has 0 aromatic heterocycles. The standard InChI is InChI=1S/C20H29ClN4O2/c1-16(20(27)25-9-5-2-6-10-25)24-13-11-23(12-14-24)15-19(26)22-18-8-4-3-7-17(18)21/h3-4,7-8,16H,2,5-6,9-15H2,1H3,(H,22,26). The number of nitrogens with zero attached hydrogens (tertiary/aromatic N) is 3. The van der Waals surface area contributed by atoms with E-state index in [9.17, 15) is 9.59 Å². The maximum absolute atomic E-state index is 12.7. The topological polar surface area (TPSA) is 55.9 Å². The van der Waals surface area contributed by atoms with Crippen molar-refractivity contribution in [2.75, 3.05) is 51.1 Å². The minimum absolute atomic E-state index is 0.0611. The zero-order valence-corrected chi connectivity index (χ0v) is 16.7. The minimum atomic E-state index is -0.0813. The second-order valence-corrected chi connectivity index (χ2v) is 7.81. The molecule has 1 unspecified atom stereocenters. The minimum Gasteiger partial charge on any atom is -0.341 e. The summed E-state index contributed by atoms with van der Waals surface area (Å²) >= 11 is 6.09. The van der Waals surface area contributed by atoms with E-state index < -0.39 is 0 Å². The van der Waals surface area contributed by atoms with Crippen LogP contribution in [0.4, 0.5) is 5.69 Å². The number of amides is 2. The van der Waals surface area contributed by atoms with Crippen molar-refractivity contribution in [2.24, 2.45) is 0 Å². The summed E-state index contributed by atoms with van der Waals surface area (Å²) in [5.74, 6) is 0.189. The Hall–Kier alpha value is -1.63. The molecule has 2 saturated heterocycles. The third-order valence-corrected chi connectivity index (χ3v) is 5.82. The molecule has 3 rings (SSSR count). The molecule has 1 N–H and O–H groups in total. The number of piperidine rings is 1. The monoisotopic (exact) mass is 392 g/mol. The molecular formula is C20H29ClN4O2. The first-order chi connectivity index (χ1) is 13.0. The van der Waals surface area contributed by atoms with Crippen LogP contribution in [0.3, 0.4) is 0 Å². The van der Waals surface area contributed by atoms with Crippen LogP contribution in [-0.4, -0.2) is 78.4 Å². The van der Waals surface area contributed by atoms with Crippen molar-refractivity contribution in [3.8, 4) is 0 Å². The first-order valence-electron chi connectivity index (χ1n) is 9.84. The summed E-state index contributed by atoms with van der Waals surface area (Å²) in [7, 11) is 0. The number of anilines is 1. The summed E-state index contributed by atoms with van der Waals surface area (Å²) < 4.78 is 0. The van der Waals surface area contributed by atoms with Gasteiger partial charge in [0.15, 0.2) is 0 Å². The molecule has 0 bridgehead atoms. The molecule has 2 aliphatic heterocycles. The summed E-state index contributed by atoms with van der Waals surface area (Å²) in [5.41, 5.74) is 0.642. The number of piperazine rings is 1. The van der Waals surface area contributed by atoms with Crippen molar-refractivity contribution >= 4 is 29.1 Å².